The maximum Gasteiger partial charge on any atom is 0.334 e. The van der Waals surface area contributed by atoms with Gasteiger partial charge in [-0.25, -0.2) is 4.79 Å². The molecular weight excluding hydrogens is 210 g/mol. The van der Waals surface area contributed by atoms with Crippen molar-refractivity contribution in [3.8, 4) is 11.5 Å². The molecule has 0 bridgehead atoms. The Morgan fingerprint density at radius 1 is 1.62 bits per heavy atom. The van der Waals surface area contributed by atoms with Gasteiger partial charge in [0.2, 0.25) is 0 Å². The molecule has 0 aromatic heterocycles. The lowest BCUT2D eigenvalue weighted by Gasteiger charge is -2.34. The summed E-state index contributed by atoms with van der Waals surface area (Å²) in [6.45, 7) is 1.80. The van der Waals surface area contributed by atoms with E-state index in [9.17, 15) is 9.90 Å². The monoisotopic (exact) mass is 223 g/mol. The second kappa shape index (κ2) is 3.59. The number of phenolic OH excluding ortho intramolecular Hbond substituents is 1. The molecule has 86 valence electrons. The zero-order chi connectivity index (χ0) is 11.8. The third-order valence-electron chi connectivity index (χ3n) is 2.55. The number of para-hydroxylation sites is 1. The third kappa shape index (κ3) is 1.54. The van der Waals surface area contributed by atoms with Crippen molar-refractivity contribution < 1.29 is 19.4 Å². The molecule has 0 saturated heterocycles. The van der Waals surface area contributed by atoms with E-state index in [-0.39, 0.29) is 12.4 Å². The Kier molecular flexibility index (Phi) is 2.38. The van der Waals surface area contributed by atoms with E-state index in [2.05, 4.69) is 5.32 Å². The van der Waals surface area contributed by atoms with Crippen LogP contribution >= 0.6 is 0 Å². The molecule has 0 spiro atoms. The van der Waals surface area contributed by atoms with E-state index < -0.39 is 11.5 Å². The first-order valence-electron chi connectivity index (χ1n) is 4.88. The summed E-state index contributed by atoms with van der Waals surface area (Å²) in [5, 5.41) is 12.5. The quantitative estimate of drug-likeness (QED) is 0.698. The minimum absolute atomic E-state index is 0.0527. The maximum atomic E-state index is 11.6. The van der Waals surface area contributed by atoms with Crippen LogP contribution in [0.5, 0.6) is 11.5 Å². The summed E-state index contributed by atoms with van der Waals surface area (Å²) in [5.74, 6) is 0.0160. The number of carbonyl (C=O) groups excluding carboxylic acids is 1. The molecule has 0 aliphatic carbocycles. The van der Waals surface area contributed by atoms with Gasteiger partial charge in [-0.2, -0.15) is 0 Å². The second-order valence-corrected chi connectivity index (χ2v) is 3.89. The van der Waals surface area contributed by atoms with Crippen LogP contribution in [0, 0.1) is 0 Å². The number of benzene rings is 1. The Morgan fingerprint density at radius 3 is 3.06 bits per heavy atom. The van der Waals surface area contributed by atoms with Crippen LogP contribution in [0.25, 0.3) is 0 Å². The highest BCUT2D eigenvalue weighted by Gasteiger charge is 2.39. The number of anilines is 1. The van der Waals surface area contributed by atoms with Crippen LogP contribution in [0.1, 0.15) is 6.92 Å². The molecule has 16 heavy (non-hydrogen) atoms. The average Bonchev–Trinajstić information content (AvgIpc) is 2.28. The van der Waals surface area contributed by atoms with Gasteiger partial charge >= 0.3 is 5.97 Å². The van der Waals surface area contributed by atoms with Gasteiger partial charge in [0.05, 0.1) is 12.8 Å². The van der Waals surface area contributed by atoms with E-state index in [0.717, 1.165) is 0 Å². The third-order valence-corrected chi connectivity index (χ3v) is 2.55. The van der Waals surface area contributed by atoms with Crippen LogP contribution in [-0.2, 0) is 9.53 Å². The molecule has 1 aromatic carbocycles. The first-order chi connectivity index (χ1) is 7.57. The molecule has 0 fully saturated rings. The lowest BCUT2D eigenvalue weighted by molar-refractivity contribution is -0.146. The number of aromatic hydroxyl groups is 1. The standard InChI is InChI=1S/C11H13NO4/c1-11(10(14)15-2)6-16-9-7(12-11)4-3-5-8(9)13/h3-5,12-13H,6H2,1-2H3. The minimum atomic E-state index is -0.921. The molecule has 2 rings (SSSR count). The molecule has 5 nitrogen and oxygen atoms in total. The van der Waals surface area contributed by atoms with Gasteiger partial charge in [-0.1, -0.05) is 6.07 Å². The zero-order valence-electron chi connectivity index (χ0n) is 9.11. The molecule has 1 atom stereocenters. The van der Waals surface area contributed by atoms with Crippen molar-refractivity contribution in [1.29, 1.82) is 0 Å². The number of fused-ring (bicyclic) bond motifs is 1. The van der Waals surface area contributed by atoms with Gasteiger partial charge in [0, 0.05) is 0 Å². The molecule has 1 heterocycles. The lowest BCUT2D eigenvalue weighted by Crippen LogP contribution is -2.51. The average molecular weight is 223 g/mol. The predicted octanol–water partition coefficient (Wildman–Crippen LogP) is 1.13. The number of hydrogen-bond acceptors (Lipinski definition) is 5. The number of ether oxygens (including phenoxy) is 2. The van der Waals surface area contributed by atoms with Gasteiger partial charge in [-0.05, 0) is 19.1 Å². The summed E-state index contributed by atoms with van der Waals surface area (Å²) in [4.78, 5) is 11.6. The van der Waals surface area contributed by atoms with Crippen molar-refractivity contribution in [3.63, 3.8) is 0 Å². The van der Waals surface area contributed by atoms with E-state index >= 15 is 0 Å². The Morgan fingerprint density at radius 2 is 2.38 bits per heavy atom. The van der Waals surface area contributed by atoms with Crippen LogP contribution in [0.3, 0.4) is 0 Å². The molecule has 0 saturated carbocycles. The minimum Gasteiger partial charge on any atom is -0.504 e. The summed E-state index contributed by atoms with van der Waals surface area (Å²) in [7, 11) is 1.33. The summed E-state index contributed by atoms with van der Waals surface area (Å²) in [5.41, 5.74) is -0.339. The van der Waals surface area contributed by atoms with Gasteiger partial charge in [-0.15, -0.1) is 0 Å². The highest BCUT2D eigenvalue weighted by atomic mass is 16.5. The predicted molar refractivity (Wildman–Crippen MR) is 57.6 cm³/mol. The number of phenols is 1. The van der Waals surface area contributed by atoms with Crippen LogP contribution in [0.15, 0.2) is 18.2 Å². The SMILES string of the molecule is COC(=O)C1(C)COc2c(O)cccc2N1. The fourth-order valence-corrected chi connectivity index (χ4v) is 1.66. The van der Waals surface area contributed by atoms with Gasteiger partial charge in [0.1, 0.15) is 6.61 Å². The van der Waals surface area contributed by atoms with Gasteiger partial charge in [-0.3, -0.25) is 0 Å². The highest BCUT2D eigenvalue weighted by molar-refractivity contribution is 5.86. The number of methoxy groups -OCH3 is 1. The molecule has 1 unspecified atom stereocenters. The normalized spacial score (nSPS) is 22.6. The summed E-state index contributed by atoms with van der Waals surface area (Å²) in [6.07, 6.45) is 0. The lowest BCUT2D eigenvalue weighted by atomic mass is 10.0. The van der Waals surface area contributed by atoms with E-state index in [1.807, 2.05) is 0 Å². The van der Waals surface area contributed by atoms with E-state index in [1.54, 1.807) is 19.1 Å². The maximum absolute atomic E-state index is 11.6. The molecule has 2 N–H and O–H groups in total. The molecule has 1 aromatic rings. The smallest absolute Gasteiger partial charge is 0.334 e. The summed E-state index contributed by atoms with van der Waals surface area (Å²) < 4.78 is 10.1. The van der Waals surface area contributed by atoms with Crippen LogP contribution in [0.4, 0.5) is 5.69 Å². The molecule has 0 amide bonds. The molecular formula is C11H13NO4. The molecule has 1 aliphatic heterocycles. The number of rotatable bonds is 1. The van der Waals surface area contributed by atoms with Crippen LogP contribution in [0.2, 0.25) is 0 Å². The van der Waals surface area contributed by atoms with E-state index in [0.29, 0.717) is 11.4 Å². The van der Waals surface area contributed by atoms with E-state index in [4.69, 9.17) is 9.47 Å². The highest BCUT2D eigenvalue weighted by Crippen LogP contribution is 2.39. The Labute approximate surface area is 93.0 Å². The molecule has 1 aliphatic rings. The number of esters is 1. The Bertz CT molecular complexity index is 432. The van der Waals surface area contributed by atoms with Crippen molar-refractivity contribution >= 4 is 11.7 Å². The summed E-state index contributed by atoms with van der Waals surface area (Å²) >= 11 is 0. The second-order valence-electron chi connectivity index (χ2n) is 3.89. The largest absolute Gasteiger partial charge is 0.504 e. The molecule has 0 radical (unpaired) electrons. The van der Waals surface area contributed by atoms with Crippen molar-refractivity contribution in [2.24, 2.45) is 0 Å². The van der Waals surface area contributed by atoms with Crippen molar-refractivity contribution in [1.82, 2.24) is 0 Å². The first kappa shape index (κ1) is 10.6. The van der Waals surface area contributed by atoms with E-state index in [1.165, 1.54) is 13.2 Å². The topological polar surface area (TPSA) is 67.8 Å². The van der Waals surface area contributed by atoms with Crippen molar-refractivity contribution in [2.45, 2.75) is 12.5 Å². The summed E-state index contributed by atoms with van der Waals surface area (Å²) in [6, 6.07) is 4.93. The molecule has 5 heteroatoms. The number of nitrogens with one attached hydrogen (secondary N) is 1. The number of hydrogen-bond donors (Lipinski definition) is 2. The Hall–Kier alpha value is -1.91. The fourth-order valence-electron chi connectivity index (χ4n) is 1.66. The van der Waals surface area contributed by atoms with Crippen LogP contribution in [-0.4, -0.2) is 30.3 Å². The first-order valence-corrected chi connectivity index (χ1v) is 4.88. The van der Waals surface area contributed by atoms with Crippen molar-refractivity contribution in [2.75, 3.05) is 19.0 Å². The van der Waals surface area contributed by atoms with Gasteiger partial charge in [0.25, 0.3) is 0 Å². The van der Waals surface area contributed by atoms with Gasteiger partial charge < -0.3 is 19.9 Å². The van der Waals surface area contributed by atoms with Gasteiger partial charge in [0.15, 0.2) is 17.0 Å². The Balaban J connectivity index is 2.34. The zero-order valence-corrected chi connectivity index (χ0v) is 9.11. The fraction of sp³-hybridized carbons (Fsp3) is 0.364. The van der Waals surface area contributed by atoms with Crippen LogP contribution < -0.4 is 10.1 Å². The van der Waals surface area contributed by atoms with Crippen molar-refractivity contribution in [3.05, 3.63) is 18.2 Å². The number of carbonyl (C=O) groups is 1.